The fourth-order valence-corrected chi connectivity index (χ4v) is 2.18. The molecule has 3 nitrogen and oxygen atoms in total. The average molecular weight is 323 g/mol. The summed E-state index contributed by atoms with van der Waals surface area (Å²) in [7, 11) is 0. The molecule has 0 aromatic heterocycles. The van der Waals surface area contributed by atoms with Gasteiger partial charge in [0.15, 0.2) is 0 Å². The van der Waals surface area contributed by atoms with Crippen LogP contribution >= 0.6 is 23.8 Å². The number of amides is 1. The molecule has 2 aromatic rings. The van der Waals surface area contributed by atoms with Crippen molar-refractivity contribution in [3.63, 3.8) is 0 Å². The summed E-state index contributed by atoms with van der Waals surface area (Å²) in [5.41, 5.74) is 7.08. The van der Waals surface area contributed by atoms with Crippen LogP contribution in [-0.4, -0.2) is 10.9 Å². The van der Waals surface area contributed by atoms with Gasteiger partial charge in [0, 0.05) is 10.6 Å². The highest BCUT2D eigenvalue weighted by atomic mass is 35.5. The van der Waals surface area contributed by atoms with Crippen molar-refractivity contribution in [1.82, 2.24) is 0 Å². The fourth-order valence-electron chi connectivity index (χ4n) is 1.83. The molecule has 0 saturated carbocycles. The van der Waals surface area contributed by atoms with Crippen molar-refractivity contribution in [2.24, 2.45) is 5.73 Å². The van der Waals surface area contributed by atoms with Crippen LogP contribution in [0.4, 0.5) is 10.1 Å². The third kappa shape index (κ3) is 3.56. The Labute approximate surface area is 131 Å². The molecule has 6 heteroatoms. The van der Waals surface area contributed by atoms with Crippen molar-refractivity contribution in [1.29, 1.82) is 0 Å². The normalized spacial score (nSPS) is 10.2. The number of halogens is 2. The Kier molecular flexibility index (Phi) is 4.55. The number of carbonyl (C=O) groups excluding carboxylic acids is 1. The van der Waals surface area contributed by atoms with Gasteiger partial charge in [-0.2, -0.15) is 0 Å². The maximum Gasteiger partial charge on any atom is 0.258 e. The van der Waals surface area contributed by atoms with Crippen molar-refractivity contribution >= 4 is 40.4 Å². The van der Waals surface area contributed by atoms with Gasteiger partial charge in [-0.3, -0.25) is 4.79 Å². The number of aryl methyl sites for hydroxylation is 1. The summed E-state index contributed by atoms with van der Waals surface area (Å²) in [6.07, 6.45) is 0. The van der Waals surface area contributed by atoms with Crippen LogP contribution in [0.15, 0.2) is 36.4 Å². The van der Waals surface area contributed by atoms with Crippen LogP contribution in [0.1, 0.15) is 21.5 Å². The lowest BCUT2D eigenvalue weighted by Gasteiger charge is -2.11. The second kappa shape index (κ2) is 6.20. The molecular formula is C15H12ClFN2OS. The molecule has 21 heavy (non-hydrogen) atoms. The van der Waals surface area contributed by atoms with Gasteiger partial charge in [-0.15, -0.1) is 0 Å². The Morgan fingerprint density at radius 1 is 1.24 bits per heavy atom. The number of benzene rings is 2. The molecular weight excluding hydrogens is 311 g/mol. The van der Waals surface area contributed by atoms with Crippen molar-refractivity contribution in [3.8, 4) is 0 Å². The van der Waals surface area contributed by atoms with E-state index in [1.54, 1.807) is 25.1 Å². The predicted octanol–water partition coefficient (Wildman–Crippen LogP) is 3.67. The molecule has 2 aromatic carbocycles. The first-order valence-corrected chi connectivity index (χ1v) is 6.84. The number of hydrogen-bond donors (Lipinski definition) is 2. The standard InChI is InChI=1S/C15H12ClFN2OS/c1-8-2-4-10(12(17)6-8)15(20)19-13-7-9(16)3-5-11(13)14(18)21/h2-7H,1H3,(H2,18,21)(H,19,20). The predicted molar refractivity (Wildman–Crippen MR) is 86.4 cm³/mol. The number of thiocarbonyl (C=S) groups is 1. The maximum atomic E-state index is 13.8. The van der Waals surface area contributed by atoms with Crippen molar-refractivity contribution in [2.45, 2.75) is 6.92 Å². The average Bonchev–Trinajstić information content (AvgIpc) is 2.37. The number of carbonyl (C=O) groups is 1. The Bertz CT molecular complexity index is 734. The monoisotopic (exact) mass is 322 g/mol. The molecule has 108 valence electrons. The van der Waals surface area contributed by atoms with E-state index in [1.165, 1.54) is 18.2 Å². The van der Waals surface area contributed by atoms with Crippen LogP contribution < -0.4 is 11.1 Å². The summed E-state index contributed by atoms with van der Waals surface area (Å²) >= 11 is 10.8. The molecule has 0 aliphatic rings. The van der Waals surface area contributed by atoms with Crippen LogP contribution in [0.5, 0.6) is 0 Å². The van der Waals surface area contributed by atoms with Gasteiger partial charge >= 0.3 is 0 Å². The number of hydrogen-bond acceptors (Lipinski definition) is 2. The summed E-state index contributed by atoms with van der Waals surface area (Å²) in [4.78, 5) is 12.3. The van der Waals surface area contributed by atoms with Crippen LogP contribution in [-0.2, 0) is 0 Å². The Morgan fingerprint density at radius 2 is 1.90 bits per heavy atom. The number of rotatable bonds is 3. The van der Waals surface area contributed by atoms with Gasteiger partial charge in [-0.1, -0.05) is 29.9 Å². The molecule has 0 heterocycles. The Morgan fingerprint density at radius 3 is 2.52 bits per heavy atom. The van der Waals surface area contributed by atoms with Gasteiger partial charge < -0.3 is 11.1 Å². The fraction of sp³-hybridized carbons (Fsp3) is 0.0667. The van der Waals surface area contributed by atoms with Crippen LogP contribution in [0.2, 0.25) is 5.02 Å². The molecule has 0 bridgehead atoms. The quantitative estimate of drug-likeness (QED) is 0.848. The Hall–Kier alpha value is -1.98. The molecule has 0 fully saturated rings. The first-order valence-electron chi connectivity index (χ1n) is 6.05. The number of nitrogens with two attached hydrogens (primary N) is 1. The summed E-state index contributed by atoms with van der Waals surface area (Å²) < 4.78 is 13.8. The zero-order chi connectivity index (χ0) is 15.6. The molecule has 1 amide bonds. The minimum absolute atomic E-state index is 0.0607. The summed E-state index contributed by atoms with van der Waals surface area (Å²) in [6.45, 7) is 1.74. The van der Waals surface area contributed by atoms with Crippen molar-refractivity contribution in [2.75, 3.05) is 5.32 Å². The third-order valence-electron chi connectivity index (χ3n) is 2.86. The summed E-state index contributed by atoms with van der Waals surface area (Å²) in [6, 6.07) is 9.10. The van der Waals surface area contributed by atoms with Gasteiger partial charge in [-0.25, -0.2) is 4.39 Å². The third-order valence-corrected chi connectivity index (χ3v) is 3.32. The highest BCUT2D eigenvalue weighted by Crippen LogP contribution is 2.22. The van der Waals surface area contributed by atoms with Gasteiger partial charge in [-0.05, 0) is 42.8 Å². The molecule has 0 unspecified atom stereocenters. The van der Waals surface area contributed by atoms with E-state index in [0.717, 1.165) is 5.56 Å². The van der Waals surface area contributed by atoms with E-state index in [-0.39, 0.29) is 10.6 Å². The second-order valence-corrected chi connectivity index (χ2v) is 5.37. The minimum atomic E-state index is -0.591. The van der Waals surface area contributed by atoms with Crippen molar-refractivity contribution in [3.05, 3.63) is 63.9 Å². The van der Waals surface area contributed by atoms with E-state index in [0.29, 0.717) is 16.3 Å². The number of anilines is 1. The van der Waals surface area contributed by atoms with Crippen molar-refractivity contribution < 1.29 is 9.18 Å². The lowest BCUT2D eigenvalue weighted by molar-refractivity contribution is 0.102. The van der Waals surface area contributed by atoms with E-state index in [9.17, 15) is 9.18 Å². The summed E-state index contributed by atoms with van der Waals surface area (Å²) in [5, 5.41) is 2.99. The molecule has 0 aliphatic carbocycles. The lowest BCUT2D eigenvalue weighted by atomic mass is 10.1. The van der Waals surface area contributed by atoms with Crippen LogP contribution in [0.25, 0.3) is 0 Å². The van der Waals surface area contributed by atoms with E-state index in [2.05, 4.69) is 5.32 Å². The minimum Gasteiger partial charge on any atom is -0.389 e. The smallest absolute Gasteiger partial charge is 0.258 e. The largest absolute Gasteiger partial charge is 0.389 e. The molecule has 2 rings (SSSR count). The maximum absolute atomic E-state index is 13.8. The zero-order valence-electron chi connectivity index (χ0n) is 11.1. The van der Waals surface area contributed by atoms with E-state index in [1.807, 2.05) is 0 Å². The van der Waals surface area contributed by atoms with Gasteiger partial charge in [0.2, 0.25) is 0 Å². The first kappa shape index (κ1) is 15.4. The van der Waals surface area contributed by atoms with E-state index >= 15 is 0 Å². The van der Waals surface area contributed by atoms with E-state index in [4.69, 9.17) is 29.6 Å². The first-order chi connectivity index (χ1) is 9.88. The van der Waals surface area contributed by atoms with Gasteiger partial charge in [0.05, 0.1) is 11.3 Å². The van der Waals surface area contributed by atoms with E-state index < -0.39 is 11.7 Å². The summed E-state index contributed by atoms with van der Waals surface area (Å²) in [5.74, 6) is -1.18. The molecule has 0 saturated heterocycles. The zero-order valence-corrected chi connectivity index (χ0v) is 12.7. The molecule has 0 aliphatic heterocycles. The Balaban J connectivity index is 2.35. The topological polar surface area (TPSA) is 55.1 Å². The lowest BCUT2D eigenvalue weighted by Crippen LogP contribution is -2.18. The highest BCUT2D eigenvalue weighted by Gasteiger charge is 2.14. The second-order valence-electron chi connectivity index (χ2n) is 4.49. The highest BCUT2D eigenvalue weighted by molar-refractivity contribution is 7.80. The molecule has 0 atom stereocenters. The molecule has 3 N–H and O–H groups in total. The van der Waals surface area contributed by atoms with Crippen LogP contribution in [0, 0.1) is 12.7 Å². The van der Waals surface area contributed by atoms with Gasteiger partial charge in [0.25, 0.3) is 5.91 Å². The molecule has 0 radical (unpaired) electrons. The molecule has 0 spiro atoms. The van der Waals surface area contributed by atoms with Gasteiger partial charge in [0.1, 0.15) is 10.8 Å². The SMILES string of the molecule is Cc1ccc(C(=O)Nc2cc(Cl)ccc2C(N)=S)c(F)c1. The van der Waals surface area contributed by atoms with Crippen LogP contribution in [0.3, 0.4) is 0 Å². The number of nitrogens with one attached hydrogen (secondary N) is 1.